The molecular weight excluding hydrogens is 291 g/mol. The average Bonchev–Trinajstić information content (AvgIpc) is 2.42. The Morgan fingerprint density at radius 1 is 1.26 bits per heavy atom. The molecule has 0 aliphatic carbocycles. The summed E-state index contributed by atoms with van der Waals surface area (Å²) >= 11 is 5.75. The van der Waals surface area contributed by atoms with Crippen molar-refractivity contribution in [2.24, 2.45) is 0 Å². The molecule has 1 aliphatic heterocycles. The van der Waals surface area contributed by atoms with Crippen molar-refractivity contribution < 1.29 is 12.8 Å². The third-order valence-electron chi connectivity index (χ3n) is 3.27. The van der Waals surface area contributed by atoms with Gasteiger partial charge in [-0.25, -0.2) is 12.8 Å². The average molecular weight is 307 g/mol. The molecule has 1 saturated heterocycles. The second kappa shape index (κ2) is 5.64. The van der Waals surface area contributed by atoms with E-state index in [0.717, 1.165) is 5.69 Å². The predicted molar refractivity (Wildman–Crippen MR) is 74.7 cm³/mol. The lowest BCUT2D eigenvalue weighted by molar-refractivity contribution is 0.385. The molecule has 1 heterocycles. The number of nitrogens with zero attached hydrogens (tertiary/aromatic N) is 2. The van der Waals surface area contributed by atoms with E-state index in [2.05, 4.69) is 0 Å². The van der Waals surface area contributed by atoms with E-state index in [-0.39, 0.29) is 10.8 Å². The van der Waals surface area contributed by atoms with Crippen LogP contribution in [0, 0.1) is 5.82 Å². The summed E-state index contributed by atoms with van der Waals surface area (Å²) in [5.74, 6) is -0.326. The number of hydrogen-bond donors (Lipinski definition) is 0. The van der Waals surface area contributed by atoms with Gasteiger partial charge in [-0.2, -0.15) is 4.31 Å². The van der Waals surface area contributed by atoms with Crippen LogP contribution in [0.25, 0.3) is 0 Å². The van der Waals surface area contributed by atoms with E-state index >= 15 is 0 Å². The van der Waals surface area contributed by atoms with E-state index in [4.69, 9.17) is 11.6 Å². The van der Waals surface area contributed by atoms with E-state index < -0.39 is 15.8 Å². The number of benzene rings is 1. The Hall–Kier alpha value is -0.850. The highest BCUT2D eigenvalue weighted by Crippen LogP contribution is 2.24. The molecule has 0 N–H and O–H groups in total. The molecule has 0 radical (unpaired) electrons. The van der Waals surface area contributed by atoms with Crippen molar-refractivity contribution in [2.75, 3.05) is 36.8 Å². The quantitative estimate of drug-likeness (QED) is 0.857. The zero-order valence-electron chi connectivity index (χ0n) is 10.6. The standard InChI is InChI=1S/C12H16ClFN2O2S/c1-2-19(17,18)16-7-5-15(6-8-16)10-3-4-12(14)11(13)9-10/h3-4,9H,2,5-8H2,1H3. The summed E-state index contributed by atoms with van der Waals surface area (Å²) < 4.78 is 38.1. The number of hydrogen-bond acceptors (Lipinski definition) is 3. The molecule has 1 aromatic rings. The van der Waals surface area contributed by atoms with Crippen molar-refractivity contribution in [1.29, 1.82) is 0 Å². The number of anilines is 1. The van der Waals surface area contributed by atoms with Crippen LogP contribution in [0.2, 0.25) is 5.02 Å². The highest BCUT2D eigenvalue weighted by molar-refractivity contribution is 7.89. The molecular formula is C12H16ClFN2O2S. The first-order chi connectivity index (χ1) is 8.94. The van der Waals surface area contributed by atoms with Crippen molar-refractivity contribution in [3.05, 3.63) is 29.0 Å². The summed E-state index contributed by atoms with van der Waals surface area (Å²) in [4.78, 5) is 2.01. The van der Waals surface area contributed by atoms with Crippen LogP contribution < -0.4 is 4.90 Å². The van der Waals surface area contributed by atoms with E-state index in [1.165, 1.54) is 10.4 Å². The first-order valence-electron chi connectivity index (χ1n) is 6.12. The smallest absolute Gasteiger partial charge is 0.213 e. The molecule has 0 aromatic heterocycles. The number of piperazine rings is 1. The van der Waals surface area contributed by atoms with Crippen LogP contribution in [0.3, 0.4) is 0 Å². The zero-order valence-corrected chi connectivity index (χ0v) is 12.2. The van der Waals surface area contributed by atoms with Crippen molar-refractivity contribution in [1.82, 2.24) is 4.31 Å². The Labute approximate surface area is 117 Å². The Bertz CT molecular complexity index is 557. The maximum absolute atomic E-state index is 13.1. The summed E-state index contributed by atoms with van der Waals surface area (Å²) in [5, 5.41) is 0.0844. The van der Waals surface area contributed by atoms with Gasteiger partial charge in [-0.15, -0.1) is 0 Å². The van der Waals surface area contributed by atoms with Gasteiger partial charge in [0.05, 0.1) is 10.8 Å². The summed E-state index contributed by atoms with van der Waals surface area (Å²) in [7, 11) is -3.12. The molecule has 2 rings (SSSR count). The van der Waals surface area contributed by atoms with Crippen LogP contribution in [-0.2, 0) is 10.0 Å². The van der Waals surface area contributed by atoms with Gasteiger partial charge in [0, 0.05) is 31.9 Å². The van der Waals surface area contributed by atoms with Gasteiger partial charge in [0.2, 0.25) is 10.0 Å². The Balaban J connectivity index is 2.06. The largest absolute Gasteiger partial charge is 0.369 e. The van der Waals surface area contributed by atoms with Crippen LogP contribution >= 0.6 is 11.6 Å². The van der Waals surface area contributed by atoms with E-state index in [0.29, 0.717) is 26.2 Å². The molecule has 0 atom stereocenters. The summed E-state index contributed by atoms with van der Waals surface area (Å²) in [6.45, 7) is 3.71. The first kappa shape index (κ1) is 14.6. The van der Waals surface area contributed by atoms with Gasteiger partial charge >= 0.3 is 0 Å². The van der Waals surface area contributed by atoms with Crippen LogP contribution in [0.4, 0.5) is 10.1 Å². The van der Waals surface area contributed by atoms with Gasteiger partial charge in [-0.05, 0) is 25.1 Å². The third-order valence-corrected chi connectivity index (χ3v) is 5.44. The monoisotopic (exact) mass is 306 g/mol. The molecule has 0 spiro atoms. The molecule has 19 heavy (non-hydrogen) atoms. The maximum Gasteiger partial charge on any atom is 0.213 e. The minimum absolute atomic E-state index is 0.0844. The van der Waals surface area contributed by atoms with Crippen LogP contribution in [0.5, 0.6) is 0 Å². The van der Waals surface area contributed by atoms with Crippen molar-refractivity contribution >= 4 is 27.3 Å². The molecule has 1 fully saturated rings. The van der Waals surface area contributed by atoms with E-state index in [1.807, 2.05) is 4.90 Å². The molecule has 0 unspecified atom stereocenters. The number of rotatable bonds is 3. The third kappa shape index (κ3) is 3.19. The molecule has 0 amide bonds. The van der Waals surface area contributed by atoms with Gasteiger partial charge in [0.15, 0.2) is 0 Å². The Kier molecular flexibility index (Phi) is 4.32. The molecule has 1 aliphatic rings. The number of halogens is 2. The molecule has 1 aromatic carbocycles. The lowest BCUT2D eigenvalue weighted by Crippen LogP contribution is -2.49. The lowest BCUT2D eigenvalue weighted by Gasteiger charge is -2.35. The first-order valence-corrected chi connectivity index (χ1v) is 8.10. The van der Waals surface area contributed by atoms with E-state index in [1.54, 1.807) is 19.1 Å². The van der Waals surface area contributed by atoms with Gasteiger partial charge < -0.3 is 4.90 Å². The maximum atomic E-state index is 13.1. The van der Waals surface area contributed by atoms with Crippen LogP contribution in [0.15, 0.2) is 18.2 Å². The fourth-order valence-electron chi connectivity index (χ4n) is 2.09. The fraction of sp³-hybridized carbons (Fsp3) is 0.500. The van der Waals surface area contributed by atoms with Gasteiger partial charge in [0.1, 0.15) is 5.82 Å². The highest BCUT2D eigenvalue weighted by Gasteiger charge is 2.25. The molecule has 0 saturated carbocycles. The van der Waals surface area contributed by atoms with Gasteiger partial charge in [-0.1, -0.05) is 11.6 Å². The second-order valence-electron chi connectivity index (χ2n) is 4.39. The summed E-state index contributed by atoms with van der Waals surface area (Å²) in [6.07, 6.45) is 0. The SMILES string of the molecule is CCS(=O)(=O)N1CCN(c2ccc(F)c(Cl)c2)CC1. The van der Waals surface area contributed by atoms with Gasteiger partial charge in [-0.3, -0.25) is 0 Å². The van der Waals surface area contributed by atoms with Crippen molar-refractivity contribution in [3.8, 4) is 0 Å². The molecule has 106 valence electrons. The van der Waals surface area contributed by atoms with Crippen molar-refractivity contribution in [2.45, 2.75) is 6.92 Å². The minimum atomic E-state index is -3.12. The molecule has 4 nitrogen and oxygen atoms in total. The lowest BCUT2D eigenvalue weighted by atomic mass is 10.2. The molecule has 0 bridgehead atoms. The number of sulfonamides is 1. The Morgan fingerprint density at radius 2 is 1.89 bits per heavy atom. The summed E-state index contributed by atoms with van der Waals surface area (Å²) in [5.41, 5.74) is 0.819. The molecule has 7 heteroatoms. The zero-order chi connectivity index (χ0) is 14.0. The second-order valence-corrected chi connectivity index (χ2v) is 7.05. The fourth-order valence-corrected chi connectivity index (χ4v) is 3.35. The predicted octanol–water partition coefficient (Wildman–Crippen LogP) is 1.95. The normalized spacial score (nSPS) is 17.7. The van der Waals surface area contributed by atoms with E-state index in [9.17, 15) is 12.8 Å². The van der Waals surface area contributed by atoms with Crippen molar-refractivity contribution in [3.63, 3.8) is 0 Å². The Morgan fingerprint density at radius 3 is 2.42 bits per heavy atom. The van der Waals surface area contributed by atoms with Crippen LogP contribution in [0.1, 0.15) is 6.92 Å². The van der Waals surface area contributed by atoms with Gasteiger partial charge in [0.25, 0.3) is 0 Å². The highest BCUT2D eigenvalue weighted by atomic mass is 35.5. The summed E-state index contributed by atoms with van der Waals surface area (Å²) in [6, 6.07) is 4.55. The topological polar surface area (TPSA) is 40.6 Å². The van der Waals surface area contributed by atoms with Crippen LogP contribution in [-0.4, -0.2) is 44.7 Å². The minimum Gasteiger partial charge on any atom is -0.369 e.